The molecule has 3 nitrogen and oxygen atoms in total. The minimum absolute atomic E-state index is 0.625. The molecule has 1 saturated carbocycles. The molecule has 0 bridgehead atoms. The van der Waals surface area contributed by atoms with E-state index >= 15 is 0 Å². The van der Waals surface area contributed by atoms with Crippen LogP contribution in [0.3, 0.4) is 0 Å². The fraction of sp³-hybridized carbons (Fsp3) is 0.625. The van der Waals surface area contributed by atoms with E-state index in [0.717, 1.165) is 11.5 Å². The largest absolute Gasteiger partial charge is 0.493 e. The van der Waals surface area contributed by atoms with Crippen molar-refractivity contribution in [1.82, 2.24) is 5.32 Å². The summed E-state index contributed by atoms with van der Waals surface area (Å²) in [5, 5.41) is 3.44. The maximum Gasteiger partial charge on any atom is 0.160 e. The predicted molar refractivity (Wildman–Crippen MR) is 78.2 cm³/mol. The van der Waals surface area contributed by atoms with Crippen LogP contribution in [0.5, 0.6) is 11.5 Å². The first-order valence-electron chi connectivity index (χ1n) is 7.17. The number of methoxy groups -OCH3 is 2. The SMILES string of the molecule is CNC1CCCCC(c2ccc(OC)c(OC)c2)C1. The van der Waals surface area contributed by atoms with Crippen molar-refractivity contribution in [3.63, 3.8) is 0 Å². The van der Waals surface area contributed by atoms with E-state index in [1.807, 2.05) is 6.07 Å². The number of rotatable bonds is 4. The van der Waals surface area contributed by atoms with Crippen molar-refractivity contribution in [2.24, 2.45) is 0 Å². The van der Waals surface area contributed by atoms with Gasteiger partial charge in [-0.3, -0.25) is 0 Å². The van der Waals surface area contributed by atoms with Crippen LogP contribution in [0.25, 0.3) is 0 Å². The van der Waals surface area contributed by atoms with Gasteiger partial charge in [-0.15, -0.1) is 0 Å². The average molecular weight is 263 g/mol. The number of benzene rings is 1. The highest BCUT2D eigenvalue weighted by Crippen LogP contribution is 2.36. The Labute approximate surface area is 116 Å². The van der Waals surface area contributed by atoms with Gasteiger partial charge in [0.25, 0.3) is 0 Å². The third kappa shape index (κ3) is 3.41. The maximum absolute atomic E-state index is 5.41. The predicted octanol–water partition coefficient (Wildman–Crippen LogP) is 3.34. The fourth-order valence-electron chi connectivity index (χ4n) is 3.03. The third-order valence-corrected chi connectivity index (χ3v) is 4.21. The van der Waals surface area contributed by atoms with E-state index in [4.69, 9.17) is 9.47 Å². The normalized spacial score (nSPS) is 23.7. The number of ether oxygens (including phenoxy) is 2. The summed E-state index contributed by atoms with van der Waals surface area (Å²) >= 11 is 0. The van der Waals surface area contributed by atoms with Crippen LogP contribution in [0, 0.1) is 0 Å². The molecule has 0 aliphatic heterocycles. The van der Waals surface area contributed by atoms with E-state index in [9.17, 15) is 0 Å². The molecule has 1 aliphatic rings. The molecule has 1 N–H and O–H groups in total. The Morgan fingerprint density at radius 3 is 2.47 bits per heavy atom. The van der Waals surface area contributed by atoms with Crippen molar-refractivity contribution in [2.75, 3.05) is 21.3 Å². The second-order valence-corrected chi connectivity index (χ2v) is 5.32. The van der Waals surface area contributed by atoms with Crippen LogP contribution >= 0.6 is 0 Å². The Bertz CT molecular complexity index is 406. The van der Waals surface area contributed by atoms with Crippen molar-refractivity contribution in [3.8, 4) is 11.5 Å². The number of hydrogen-bond acceptors (Lipinski definition) is 3. The van der Waals surface area contributed by atoms with Crippen LogP contribution in [-0.2, 0) is 0 Å². The average Bonchev–Trinajstić information content (AvgIpc) is 2.72. The summed E-state index contributed by atoms with van der Waals surface area (Å²) in [6.45, 7) is 0. The van der Waals surface area contributed by atoms with Gasteiger partial charge in [0.05, 0.1) is 14.2 Å². The smallest absolute Gasteiger partial charge is 0.160 e. The summed E-state index contributed by atoms with van der Waals surface area (Å²) in [4.78, 5) is 0. The van der Waals surface area contributed by atoms with Gasteiger partial charge in [0.15, 0.2) is 11.5 Å². The summed E-state index contributed by atoms with van der Waals surface area (Å²) in [5.41, 5.74) is 1.37. The Morgan fingerprint density at radius 1 is 1.05 bits per heavy atom. The zero-order valence-corrected chi connectivity index (χ0v) is 12.2. The van der Waals surface area contributed by atoms with E-state index in [2.05, 4.69) is 24.5 Å². The fourth-order valence-corrected chi connectivity index (χ4v) is 3.03. The minimum atomic E-state index is 0.625. The first-order valence-corrected chi connectivity index (χ1v) is 7.17. The third-order valence-electron chi connectivity index (χ3n) is 4.21. The van der Waals surface area contributed by atoms with Crippen molar-refractivity contribution >= 4 is 0 Å². The first-order chi connectivity index (χ1) is 9.28. The van der Waals surface area contributed by atoms with Gasteiger partial charge in [-0.2, -0.15) is 0 Å². The van der Waals surface area contributed by atoms with Crippen LogP contribution in [0.15, 0.2) is 18.2 Å². The minimum Gasteiger partial charge on any atom is -0.493 e. The van der Waals surface area contributed by atoms with Gasteiger partial charge in [0.1, 0.15) is 0 Å². The molecule has 106 valence electrons. The lowest BCUT2D eigenvalue weighted by molar-refractivity contribution is 0.353. The number of hydrogen-bond donors (Lipinski definition) is 1. The van der Waals surface area contributed by atoms with Gasteiger partial charge in [0, 0.05) is 6.04 Å². The summed E-state index contributed by atoms with van der Waals surface area (Å²) < 4.78 is 10.7. The number of nitrogens with one attached hydrogen (secondary N) is 1. The molecule has 0 amide bonds. The van der Waals surface area contributed by atoms with Crippen molar-refractivity contribution < 1.29 is 9.47 Å². The second kappa shape index (κ2) is 6.80. The van der Waals surface area contributed by atoms with Gasteiger partial charge in [-0.25, -0.2) is 0 Å². The Morgan fingerprint density at radius 2 is 1.79 bits per heavy atom. The zero-order chi connectivity index (χ0) is 13.7. The topological polar surface area (TPSA) is 30.5 Å². The molecule has 2 rings (SSSR count). The van der Waals surface area contributed by atoms with Gasteiger partial charge in [-0.05, 0) is 49.9 Å². The Kier molecular flexibility index (Phi) is 5.08. The van der Waals surface area contributed by atoms with Gasteiger partial charge >= 0.3 is 0 Å². The van der Waals surface area contributed by atoms with E-state index in [1.54, 1.807) is 14.2 Å². The van der Waals surface area contributed by atoms with Crippen molar-refractivity contribution in [2.45, 2.75) is 44.1 Å². The molecule has 0 saturated heterocycles. The quantitative estimate of drug-likeness (QED) is 0.845. The maximum atomic E-state index is 5.41. The molecule has 3 heteroatoms. The van der Waals surface area contributed by atoms with E-state index < -0.39 is 0 Å². The Balaban J connectivity index is 2.19. The highest BCUT2D eigenvalue weighted by atomic mass is 16.5. The molecule has 0 aromatic heterocycles. The molecule has 1 aromatic carbocycles. The van der Waals surface area contributed by atoms with Crippen LogP contribution in [0.2, 0.25) is 0 Å². The summed E-state index contributed by atoms with van der Waals surface area (Å²) in [5.74, 6) is 2.27. The van der Waals surface area contributed by atoms with Crippen LogP contribution < -0.4 is 14.8 Å². The molecule has 0 heterocycles. The highest BCUT2D eigenvalue weighted by Gasteiger charge is 2.21. The second-order valence-electron chi connectivity index (χ2n) is 5.32. The molecule has 1 fully saturated rings. The van der Waals surface area contributed by atoms with Crippen molar-refractivity contribution in [1.29, 1.82) is 0 Å². The van der Waals surface area contributed by atoms with E-state index in [0.29, 0.717) is 12.0 Å². The lowest BCUT2D eigenvalue weighted by Gasteiger charge is -2.21. The van der Waals surface area contributed by atoms with Gasteiger partial charge in [0.2, 0.25) is 0 Å². The molecule has 19 heavy (non-hydrogen) atoms. The summed E-state index contributed by atoms with van der Waals surface area (Å²) in [6.07, 6.45) is 6.42. The molecular formula is C16H25NO2. The monoisotopic (exact) mass is 263 g/mol. The molecule has 2 atom stereocenters. The zero-order valence-electron chi connectivity index (χ0n) is 12.2. The van der Waals surface area contributed by atoms with Crippen molar-refractivity contribution in [3.05, 3.63) is 23.8 Å². The van der Waals surface area contributed by atoms with E-state index in [-0.39, 0.29) is 0 Å². The van der Waals surface area contributed by atoms with Gasteiger partial charge < -0.3 is 14.8 Å². The lowest BCUT2D eigenvalue weighted by atomic mass is 9.90. The lowest BCUT2D eigenvalue weighted by Crippen LogP contribution is -2.25. The Hall–Kier alpha value is -1.22. The van der Waals surface area contributed by atoms with Crippen LogP contribution in [0.4, 0.5) is 0 Å². The molecule has 1 aromatic rings. The molecule has 0 radical (unpaired) electrons. The van der Waals surface area contributed by atoms with Gasteiger partial charge in [-0.1, -0.05) is 18.9 Å². The van der Waals surface area contributed by atoms with Crippen LogP contribution in [0.1, 0.15) is 43.6 Å². The standard InChI is InChI=1S/C16H25NO2/c1-17-14-7-5-4-6-12(10-14)13-8-9-15(18-2)16(11-13)19-3/h8-9,11-12,14,17H,4-7,10H2,1-3H3. The van der Waals surface area contributed by atoms with Crippen LogP contribution in [-0.4, -0.2) is 27.3 Å². The molecular weight excluding hydrogens is 238 g/mol. The van der Waals surface area contributed by atoms with E-state index in [1.165, 1.54) is 37.7 Å². The summed E-state index contributed by atoms with van der Waals surface area (Å²) in [6, 6.07) is 6.99. The molecule has 2 unspecified atom stereocenters. The summed E-state index contributed by atoms with van der Waals surface area (Å²) in [7, 11) is 5.45. The molecule has 0 spiro atoms. The first kappa shape index (κ1) is 14.2. The highest BCUT2D eigenvalue weighted by molar-refractivity contribution is 5.44. The molecule has 1 aliphatic carbocycles.